The van der Waals surface area contributed by atoms with Crippen molar-refractivity contribution in [2.45, 2.75) is 18.7 Å². The van der Waals surface area contributed by atoms with Gasteiger partial charge in [0.15, 0.2) is 0 Å². The topological polar surface area (TPSA) is 58.6 Å². The molecule has 0 saturated heterocycles. The fourth-order valence-electron chi connectivity index (χ4n) is 3.44. The van der Waals surface area contributed by atoms with Gasteiger partial charge >= 0.3 is 0 Å². The second-order valence-electron chi connectivity index (χ2n) is 7.21. The van der Waals surface area contributed by atoms with Crippen LogP contribution in [-0.2, 0) is 9.59 Å². The zero-order valence-corrected chi connectivity index (χ0v) is 18.3. The lowest BCUT2D eigenvalue weighted by Gasteiger charge is -2.18. The van der Waals surface area contributed by atoms with Gasteiger partial charge in [-0.1, -0.05) is 53.7 Å². The predicted octanol–water partition coefficient (Wildman–Crippen LogP) is 5.30. The maximum absolute atomic E-state index is 13.5. The van der Waals surface area contributed by atoms with Crippen LogP contribution in [0.15, 0.2) is 88.3 Å². The summed E-state index contributed by atoms with van der Waals surface area (Å²) in [4.78, 5) is 29.4. The van der Waals surface area contributed by atoms with Crippen molar-refractivity contribution in [3.8, 4) is 5.75 Å². The third-order valence-electron chi connectivity index (χ3n) is 4.94. The smallest absolute Gasteiger partial charge is 0.283 e. The molecule has 1 aliphatic heterocycles. The van der Waals surface area contributed by atoms with Gasteiger partial charge in [-0.2, -0.15) is 0 Å². The second-order valence-corrected chi connectivity index (χ2v) is 8.30. The van der Waals surface area contributed by atoms with Crippen molar-refractivity contribution < 1.29 is 14.3 Å². The average molecular weight is 431 g/mol. The zero-order chi connectivity index (χ0) is 22.0. The van der Waals surface area contributed by atoms with Crippen molar-refractivity contribution in [2.75, 3.05) is 17.3 Å². The normalized spacial score (nSPS) is 13.7. The summed E-state index contributed by atoms with van der Waals surface area (Å²) in [6.45, 7) is 3.88. The molecule has 0 unspecified atom stereocenters. The Morgan fingerprint density at radius 3 is 2.35 bits per heavy atom. The lowest BCUT2D eigenvalue weighted by Crippen LogP contribution is -2.33. The molecule has 156 valence electrons. The van der Waals surface area contributed by atoms with Gasteiger partial charge in [-0.3, -0.25) is 9.59 Å². The number of ether oxygens (including phenoxy) is 1. The van der Waals surface area contributed by atoms with Crippen LogP contribution < -0.4 is 15.0 Å². The number of hydrogen-bond acceptors (Lipinski definition) is 5. The van der Waals surface area contributed by atoms with Crippen LogP contribution in [0.4, 0.5) is 11.4 Å². The van der Waals surface area contributed by atoms with Gasteiger partial charge in [-0.25, -0.2) is 4.90 Å². The summed E-state index contributed by atoms with van der Waals surface area (Å²) in [7, 11) is 1.58. The van der Waals surface area contributed by atoms with Crippen LogP contribution in [-0.4, -0.2) is 18.9 Å². The lowest BCUT2D eigenvalue weighted by atomic mass is 10.1. The quantitative estimate of drug-likeness (QED) is 0.538. The molecule has 3 aromatic carbocycles. The highest BCUT2D eigenvalue weighted by Gasteiger charge is 2.40. The number of amides is 2. The van der Waals surface area contributed by atoms with E-state index in [1.807, 2.05) is 80.6 Å². The number of methoxy groups -OCH3 is 1. The average Bonchev–Trinajstić information content (AvgIpc) is 2.99. The van der Waals surface area contributed by atoms with Crippen LogP contribution in [0, 0.1) is 13.8 Å². The number of rotatable bonds is 6. The molecule has 31 heavy (non-hydrogen) atoms. The molecule has 0 radical (unpaired) electrons. The van der Waals surface area contributed by atoms with Gasteiger partial charge in [0.05, 0.1) is 12.8 Å². The number of imide groups is 1. The van der Waals surface area contributed by atoms with Gasteiger partial charge in [0, 0.05) is 16.6 Å². The van der Waals surface area contributed by atoms with Gasteiger partial charge in [0.25, 0.3) is 11.8 Å². The van der Waals surface area contributed by atoms with E-state index >= 15 is 0 Å². The van der Waals surface area contributed by atoms with Gasteiger partial charge in [-0.15, -0.1) is 0 Å². The van der Waals surface area contributed by atoms with Crippen molar-refractivity contribution in [3.05, 3.63) is 94.5 Å². The first-order chi connectivity index (χ1) is 15.0. The summed E-state index contributed by atoms with van der Waals surface area (Å²) in [6.07, 6.45) is 0. The number of carbonyl (C=O) groups is 2. The van der Waals surface area contributed by atoms with Crippen molar-refractivity contribution in [1.82, 2.24) is 0 Å². The number of carbonyl (C=O) groups excluding carboxylic acids is 2. The number of nitrogens with one attached hydrogen (secondary N) is 1. The lowest BCUT2D eigenvalue weighted by molar-refractivity contribution is -0.120. The van der Waals surface area contributed by atoms with Crippen LogP contribution in [0.3, 0.4) is 0 Å². The maximum Gasteiger partial charge on any atom is 0.283 e. The number of aryl methyl sites for hydroxylation is 2. The molecule has 0 saturated carbocycles. The molecule has 0 spiro atoms. The highest BCUT2D eigenvalue weighted by Crippen LogP contribution is 2.38. The third-order valence-corrected chi connectivity index (χ3v) is 6.03. The van der Waals surface area contributed by atoms with Crippen molar-refractivity contribution in [1.29, 1.82) is 0 Å². The van der Waals surface area contributed by atoms with Crippen molar-refractivity contribution in [3.63, 3.8) is 0 Å². The minimum atomic E-state index is -0.377. The van der Waals surface area contributed by atoms with Crippen LogP contribution in [0.25, 0.3) is 0 Å². The molecular formula is C25H22N2O3S. The van der Waals surface area contributed by atoms with Gasteiger partial charge in [0.1, 0.15) is 16.4 Å². The highest BCUT2D eigenvalue weighted by atomic mass is 32.2. The molecular weight excluding hydrogens is 408 g/mol. The minimum absolute atomic E-state index is 0.257. The summed E-state index contributed by atoms with van der Waals surface area (Å²) in [5, 5.41) is 3.16. The Kier molecular flexibility index (Phi) is 5.82. The summed E-state index contributed by atoms with van der Waals surface area (Å²) in [5.41, 5.74) is 3.46. The maximum atomic E-state index is 13.5. The number of anilines is 2. The first-order valence-corrected chi connectivity index (χ1v) is 10.6. The van der Waals surface area contributed by atoms with Gasteiger partial charge < -0.3 is 10.1 Å². The van der Waals surface area contributed by atoms with Crippen molar-refractivity contribution in [2.24, 2.45) is 0 Å². The fraction of sp³-hybridized carbons (Fsp3) is 0.120. The molecule has 1 N–H and O–H groups in total. The molecule has 6 heteroatoms. The monoisotopic (exact) mass is 430 g/mol. The van der Waals surface area contributed by atoms with Gasteiger partial charge in [0.2, 0.25) is 0 Å². The summed E-state index contributed by atoms with van der Waals surface area (Å²) in [5.74, 6) is -0.0553. The summed E-state index contributed by atoms with van der Waals surface area (Å²) >= 11 is 1.28. The Labute approximate surface area is 185 Å². The molecule has 0 atom stereocenters. The molecule has 1 aliphatic rings. The van der Waals surface area contributed by atoms with Gasteiger partial charge in [-0.05, 0) is 49.7 Å². The Morgan fingerprint density at radius 1 is 0.871 bits per heavy atom. The second kappa shape index (κ2) is 8.70. The molecule has 3 aromatic rings. The Balaban J connectivity index is 1.76. The van der Waals surface area contributed by atoms with Crippen LogP contribution >= 0.6 is 11.8 Å². The predicted molar refractivity (Wildman–Crippen MR) is 124 cm³/mol. The largest absolute Gasteiger partial charge is 0.497 e. The Bertz CT molecular complexity index is 1190. The number of nitrogens with zero attached hydrogens (tertiary/aromatic N) is 1. The van der Waals surface area contributed by atoms with E-state index in [-0.39, 0.29) is 17.5 Å². The van der Waals surface area contributed by atoms with Crippen molar-refractivity contribution >= 4 is 35.0 Å². The summed E-state index contributed by atoms with van der Waals surface area (Å²) < 4.78 is 5.28. The van der Waals surface area contributed by atoms with E-state index in [0.717, 1.165) is 16.0 Å². The van der Waals surface area contributed by atoms with E-state index in [1.54, 1.807) is 13.2 Å². The Hall–Kier alpha value is -3.51. The summed E-state index contributed by atoms with van der Waals surface area (Å²) in [6, 6.07) is 22.5. The van der Waals surface area contributed by atoms with E-state index in [4.69, 9.17) is 4.74 Å². The molecule has 1 heterocycles. The molecule has 5 nitrogen and oxygen atoms in total. The fourth-order valence-corrected chi connectivity index (χ4v) is 4.39. The molecule has 2 amide bonds. The molecule has 0 aromatic heterocycles. The molecule has 0 fully saturated rings. The van der Waals surface area contributed by atoms with E-state index < -0.39 is 0 Å². The molecule has 0 aliphatic carbocycles. The first-order valence-electron chi connectivity index (χ1n) is 9.82. The standard InChI is InChI=1S/C25H22N2O3S/c1-16-12-13-21(17(2)14-16)27-24(28)22(26-18-8-7-9-19(15-18)30-3)23(25(27)29)31-20-10-5-4-6-11-20/h4-15,26H,1-3H3. The van der Waals surface area contributed by atoms with Crippen LogP contribution in [0.1, 0.15) is 11.1 Å². The van der Waals surface area contributed by atoms with Crippen LogP contribution in [0.2, 0.25) is 0 Å². The van der Waals surface area contributed by atoms with E-state index in [9.17, 15) is 9.59 Å². The number of hydrogen-bond donors (Lipinski definition) is 1. The first kappa shape index (κ1) is 20.8. The SMILES string of the molecule is COc1cccc(NC2=C(Sc3ccccc3)C(=O)N(c3ccc(C)cc3C)C2=O)c1. The molecule has 0 bridgehead atoms. The minimum Gasteiger partial charge on any atom is -0.497 e. The Morgan fingerprint density at radius 2 is 1.65 bits per heavy atom. The third kappa shape index (κ3) is 4.20. The molecule has 4 rings (SSSR count). The van der Waals surface area contributed by atoms with Crippen LogP contribution in [0.5, 0.6) is 5.75 Å². The van der Waals surface area contributed by atoms with E-state index in [1.165, 1.54) is 16.7 Å². The number of thioether (sulfide) groups is 1. The van der Waals surface area contributed by atoms with E-state index in [0.29, 0.717) is 22.0 Å². The van der Waals surface area contributed by atoms with E-state index in [2.05, 4.69) is 5.32 Å². The number of benzene rings is 3. The zero-order valence-electron chi connectivity index (χ0n) is 17.5. The highest BCUT2D eigenvalue weighted by molar-refractivity contribution is 8.04.